The number of rotatable bonds is 1. The van der Waals surface area contributed by atoms with Crippen LogP contribution in [0.4, 0.5) is 0 Å². The normalized spacial score (nSPS) is 31.8. The van der Waals surface area contributed by atoms with E-state index >= 15 is 0 Å². The van der Waals surface area contributed by atoms with Crippen molar-refractivity contribution in [2.75, 3.05) is 0 Å². The van der Waals surface area contributed by atoms with Crippen LogP contribution in [0.25, 0.3) is 0 Å². The van der Waals surface area contributed by atoms with Crippen LogP contribution in [0.5, 0.6) is 0 Å². The van der Waals surface area contributed by atoms with Gasteiger partial charge in [0.25, 0.3) is 0 Å². The molecule has 0 aliphatic heterocycles. The molecule has 3 nitrogen and oxygen atoms in total. The Hall–Kier alpha value is -1.38. The lowest BCUT2D eigenvalue weighted by atomic mass is 9.79. The first kappa shape index (κ1) is 12.1. The Morgan fingerprint density at radius 1 is 1.53 bits per heavy atom. The van der Waals surface area contributed by atoms with E-state index in [2.05, 4.69) is 11.9 Å². The maximum Gasteiger partial charge on any atom is 0.230 e. The maximum absolute atomic E-state index is 12.3. The second-order valence-electron chi connectivity index (χ2n) is 6.19. The zero-order chi connectivity index (χ0) is 12.8. The Kier molecular flexibility index (Phi) is 2.53. The minimum atomic E-state index is -0.539. The molecule has 0 radical (unpaired) electrons. The number of fused-ring (bicyclic) bond motifs is 2. The smallest absolute Gasteiger partial charge is 0.230 e. The average molecular weight is 233 g/mol. The third kappa shape index (κ3) is 2.06. The highest BCUT2D eigenvalue weighted by Gasteiger charge is 2.50. The summed E-state index contributed by atoms with van der Waals surface area (Å²) < 4.78 is 0. The highest BCUT2D eigenvalue weighted by molar-refractivity contribution is 6.00. The van der Waals surface area contributed by atoms with Crippen LogP contribution in [-0.4, -0.2) is 17.2 Å². The Balaban J connectivity index is 2.26. The van der Waals surface area contributed by atoms with E-state index in [0.29, 0.717) is 12.8 Å². The van der Waals surface area contributed by atoms with Crippen LogP contribution in [0.2, 0.25) is 0 Å². The molecule has 2 atom stereocenters. The zero-order valence-electron chi connectivity index (χ0n) is 10.7. The lowest BCUT2D eigenvalue weighted by molar-refractivity contribution is -0.130. The molecule has 2 aliphatic carbocycles. The van der Waals surface area contributed by atoms with Crippen molar-refractivity contribution in [3.8, 4) is 0 Å². The molecule has 0 aromatic carbocycles. The topological polar surface area (TPSA) is 46.2 Å². The van der Waals surface area contributed by atoms with Gasteiger partial charge >= 0.3 is 0 Å². The molecule has 0 spiro atoms. The van der Waals surface area contributed by atoms with Crippen LogP contribution in [-0.2, 0) is 9.59 Å². The largest absolute Gasteiger partial charge is 0.351 e. The quantitative estimate of drug-likeness (QED) is 0.704. The molecule has 0 aromatic rings. The monoisotopic (exact) mass is 233 g/mol. The molecule has 2 rings (SSSR count). The van der Waals surface area contributed by atoms with Crippen molar-refractivity contribution in [3.63, 3.8) is 0 Å². The molecule has 1 N–H and O–H groups in total. The summed E-state index contributed by atoms with van der Waals surface area (Å²) in [4.78, 5) is 24.0. The fourth-order valence-electron chi connectivity index (χ4n) is 2.61. The molecule has 0 heterocycles. The third-order valence-electron chi connectivity index (χ3n) is 3.45. The van der Waals surface area contributed by atoms with Crippen molar-refractivity contribution in [3.05, 3.63) is 24.3 Å². The molecular formula is C14H19NO2. The van der Waals surface area contributed by atoms with Gasteiger partial charge in [-0.05, 0) is 39.7 Å². The average Bonchev–Trinajstić information content (AvgIpc) is 2.46. The molecule has 0 unspecified atom stereocenters. The number of allylic oxidation sites excluding steroid dienone is 2. The summed E-state index contributed by atoms with van der Waals surface area (Å²) in [5, 5.41) is 3.00. The van der Waals surface area contributed by atoms with Gasteiger partial charge in [0.1, 0.15) is 0 Å². The van der Waals surface area contributed by atoms with E-state index in [1.165, 1.54) is 0 Å². The minimum absolute atomic E-state index is 0.0115. The van der Waals surface area contributed by atoms with Gasteiger partial charge in [-0.2, -0.15) is 0 Å². The van der Waals surface area contributed by atoms with Crippen LogP contribution in [0.1, 0.15) is 33.6 Å². The van der Waals surface area contributed by atoms with E-state index in [1.807, 2.05) is 20.8 Å². The Morgan fingerprint density at radius 2 is 2.18 bits per heavy atom. The van der Waals surface area contributed by atoms with Crippen molar-refractivity contribution in [2.24, 2.45) is 11.3 Å². The van der Waals surface area contributed by atoms with Gasteiger partial charge < -0.3 is 5.32 Å². The Morgan fingerprint density at radius 3 is 2.76 bits per heavy atom. The van der Waals surface area contributed by atoms with Crippen LogP contribution < -0.4 is 5.32 Å². The number of amides is 1. The number of carbonyl (C=O) groups is 2. The molecule has 1 amide bonds. The third-order valence-corrected chi connectivity index (χ3v) is 3.45. The molecule has 92 valence electrons. The van der Waals surface area contributed by atoms with Crippen LogP contribution in [0.3, 0.4) is 0 Å². The summed E-state index contributed by atoms with van der Waals surface area (Å²) in [6.45, 7) is 9.81. The van der Waals surface area contributed by atoms with E-state index < -0.39 is 5.41 Å². The van der Waals surface area contributed by atoms with Gasteiger partial charge in [0, 0.05) is 11.5 Å². The van der Waals surface area contributed by atoms with Gasteiger partial charge in [-0.25, -0.2) is 0 Å². The highest BCUT2D eigenvalue weighted by Crippen LogP contribution is 2.49. The van der Waals surface area contributed by atoms with Gasteiger partial charge in [-0.1, -0.05) is 18.2 Å². The fraction of sp³-hybridized carbons (Fsp3) is 0.571. The molecule has 2 aliphatic rings. The number of carbonyl (C=O) groups excluding carboxylic acids is 2. The Labute approximate surface area is 102 Å². The van der Waals surface area contributed by atoms with Gasteiger partial charge in [0.15, 0.2) is 5.78 Å². The number of nitrogens with one attached hydrogen (secondary N) is 1. The summed E-state index contributed by atoms with van der Waals surface area (Å²) in [7, 11) is 0. The summed E-state index contributed by atoms with van der Waals surface area (Å²) in [5.41, 5.74) is 0.104. The SMILES string of the molecule is C=C1C[C@@]2(C(=O)NC(C)(C)C)C=CC(=O)[C@@H]1C2. The first-order chi connectivity index (χ1) is 7.73. The van der Waals surface area contributed by atoms with Crippen LogP contribution >= 0.6 is 0 Å². The maximum atomic E-state index is 12.3. The van der Waals surface area contributed by atoms with Crippen LogP contribution in [0.15, 0.2) is 24.3 Å². The van der Waals surface area contributed by atoms with Gasteiger partial charge in [0.05, 0.1) is 5.41 Å². The molecule has 3 heteroatoms. The second kappa shape index (κ2) is 3.56. The summed E-state index contributed by atoms with van der Waals surface area (Å²) in [6.07, 6.45) is 4.50. The van der Waals surface area contributed by atoms with Crippen molar-refractivity contribution in [1.82, 2.24) is 5.32 Å². The zero-order valence-corrected chi connectivity index (χ0v) is 10.7. The first-order valence-electron chi connectivity index (χ1n) is 5.97. The highest BCUT2D eigenvalue weighted by atomic mass is 16.2. The molecule has 1 saturated carbocycles. The molecule has 0 aromatic heterocycles. The van der Waals surface area contributed by atoms with Crippen molar-refractivity contribution in [2.45, 2.75) is 39.2 Å². The van der Waals surface area contributed by atoms with E-state index in [0.717, 1.165) is 5.57 Å². The number of hydrogen-bond donors (Lipinski definition) is 1. The predicted octanol–water partition coefficient (Wildman–Crippen LogP) is 1.99. The predicted molar refractivity (Wildman–Crippen MR) is 66.3 cm³/mol. The lowest BCUT2D eigenvalue weighted by Gasteiger charge is -2.31. The molecule has 1 fully saturated rings. The van der Waals surface area contributed by atoms with Crippen LogP contribution in [0, 0.1) is 11.3 Å². The number of ketones is 1. The van der Waals surface area contributed by atoms with E-state index in [9.17, 15) is 9.59 Å². The van der Waals surface area contributed by atoms with E-state index in [-0.39, 0.29) is 23.1 Å². The fourth-order valence-corrected chi connectivity index (χ4v) is 2.61. The number of hydrogen-bond acceptors (Lipinski definition) is 2. The second-order valence-corrected chi connectivity index (χ2v) is 6.19. The van der Waals surface area contributed by atoms with Crippen molar-refractivity contribution in [1.29, 1.82) is 0 Å². The van der Waals surface area contributed by atoms with E-state index in [4.69, 9.17) is 0 Å². The molecule has 0 saturated heterocycles. The summed E-state index contributed by atoms with van der Waals surface area (Å²) in [5.74, 6) is -0.0465. The van der Waals surface area contributed by atoms with Crippen molar-refractivity contribution < 1.29 is 9.59 Å². The van der Waals surface area contributed by atoms with Gasteiger partial charge in [0.2, 0.25) is 5.91 Å². The summed E-state index contributed by atoms with van der Waals surface area (Å²) >= 11 is 0. The minimum Gasteiger partial charge on any atom is -0.351 e. The molecule has 2 bridgehead atoms. The lowest BCUT2D eigenvalue weighted by Crippen LogP contribution is -2.48. The van der Waals surface area contributed by atoms with Gasteiger partial charge in [-0.15, -0.1) is 0 Å². The molecule has 17 heavy (non-hydrogen) atoms. The molecular weight excluding hydrogens is 214 g/mol. The Bertz CT molecular complexity index is 428. The standard InChI is InChI=1S/C14H19NO2/c1-9-7-14(12(17)15-13(2,3)4)6-5-11(16)10(9)8-14/h5-6,10H,1,7-8H2,2-4H3,(H,15,17)/t10-,14+/m1/s1. The summed E-state index contributed by atoms with van der Waals surface area (Å²) in [6, 6.07) is 0. The van der Waals surface area contributed by atoms with Gasteiger partial charge in [-0.3, -0.25) is 9.59 Å². The van der Waals surface area contributed by atoms with Crippen molar-refractivity contribution >= 4 is 11.7 Å². The first-order valence-corrected chi connectivity index (χ1v) is 5.97. The van der Waals surface area contributed by atoms with E-state index in [1.54, 1.807) is 12.2 Å².